The number of alkyl halides is 1. The van der Waals surface area contributed by atoms with Crippen molar-refractivity contribution < 1.29 is 9.47 Å². The van der Waals surface area contributed by atoms with E-state index in [2.05, 4.69) is 4.98 Å². The van der Waals surface area contributed by atoms with Gasteiger partial charge in [0.05, 0.1) is 13.2 Å². The van der Waals surface area contributed by atoms with E-state index >= 15 is 0 Å². The predicted molar refractivity (Wildman–Crippen MR) is 79.6 cm³/mol. The number of aryl methyl sites for hydroxylation is 1. The molecule has 1 heterocycles. The molecule has 1 aromatic heterocycles. The Morgan fingerprint density at radius 3 is 2.75 bits per heavy atom. The summed E-state index contributed by atoms with van der Waals surface area (Å²) in [4.78, 5) is 4.27. The predicted octanol–water partition coefficient (Wildman–Crippen LogP) is 3.18. The number of halogens is 1. The van der Waals surface area contributed by atoms with Crippen molar-refractivity contribution in [2.75, 3.05) is 13.2 Å². The van der Waals surface area contributed by atoms with E-state index in [1.165, 1.54) is 0 Å². The lowest BCUT2D eigenvalue weighted by Crippen LogP contribution is -2.07. The van der Waals surface area contributed by atoms with Crippen molar-refractivity contribution in [2.45, 2.75) is 19.2 Å². The first kappa shape index (κ1) is 14.7. The van der Waals surface area contributed by atoms with Crippen molar-refractivity contribution in [3.63, 3.8) is 0 Å². The van der Waals surface area contributed by atoms with Crippen LogP contribution in [0.3, 0.4) is 0 Å². The van der Waals surface area contributed by atoms with Gasteiger partial charge in [-0.25, -0.2) is 4.98 Å². The van der Waals surface area contributed by atoms with Crippen LogP contribution in [0.25, 0.3) is 0 Å². The molecule has 108 valence electrons. The molecule has 0 aliphatic rings. The number of aromatic nitrogens is 2. The summed E-state index contributed by atoms with van der Waals surface area (Å²) in [6, 6.07) is 5.78. The topological polar surface area (TPSA) is 36.3 Å². The molecule has 2 aromatic rings. The second kappa shape index (κ2) is 7.20. The largest absolute Gasteiger partial charge is 0.490 e. The van der Waals surface area contributed by atoms with Gasteiger partial charge in [-0.2, -0.15) is 0 Å². The minimum Gasteiger partial charge on any atom is -0.490 e. The molecule has 0 aliphatic carbocycles. The molecular formula is C15H19ClN2O2. The number of hydrogen-bond acceptors (Lipinski definition) is 3. The van der Waals surface area contributed by atoms with Crippen LogP contribution in [-0.2, 0) is 19.3 Å². The number of rotatable bonds is 7. The molecule has 0 radical (unpaired) electrons. The van der Waals surface area contributed by atoms with E-state index in [-0.39, 0.29) is 0 Å². The van der Waals surface area contributed by atoms with Crippen molar-refractivity contribution in [3.8, 4) is 11.5 Å². The SMILES string of the molecule is CCOc1cc(CCl)ccc1OCCc1nccn1C. The van der Waals surface area contributed by atoms with Crippen LogP contribution >= 0.6 is 11.6 Å². The van der Waals surface area contributed by atoms with Gasteiger partial charge in [-0.3, -0.25) is 0 Å². The normalized spacial score (nSPS) is 10.6. The first-order valence-electron chi connectivity index (χ1n) is 6.65. The molecule has 0 bridgehead atoms. The second-order valence-electron chi connectivity index (χ2n) is 4.40. The maximum Gasteiger partial charge on any atom is 0.161 e. The summed E-state index contributed by atoms with van der Waals surface area (Å²) in [5, 5.41) is 0. The molecule has 0 spiro atoms. The number of hydrogen-bond donors (Lipinski definition) is 0. The zero-order valence-corrected chi connectivity index (χ0v) is 12.6. The van der Waals surface area contributed by atoms with Gasteiger partial charge in [0, 0.05) is 31.7 Å². The first-order chi connectivity index (χ1) is 9.74. The van der Waals surface area contributed by atoms with Gasteiger partial charge in [0.15, 0.2) is 11.5 Å². The molecule has 0 unspecified atom stereocenters. The first-order valence-corrected chi connectivity index (χ1v) is 7.18. The Kier molecular flexibility index (Phi) is 5.30. The summed E-state index contributed by atoms with van der Waals surface area (Å²) >= 11 is 5.83. The van der Waals surface area contributed by atoms with Crippen molar-refractivity contribution >= 4 is 11.6 Å². The smallest absolute Gasteiger partial charge is 0.161 e. The van der Waals surface area contributed by atoms with E-state index in [9.17, 15) is 0 Å². The number of benzene rings is 1. The third kappa shape index (κ3) is 3.67. The number of nitrogens with zero attached hydrogens (tertiary/aromatic N) is 2. The van der Waals surface area contributed by atoms with E-state index in [1.54, 1.807) is 6.20 Å². The molecule has 0 fully saturated rings. The Labute approximate surface area is 124 Å². The van der Waals surface area contributed by atoms with Gasteiger partial charge in [-0.15, -0.1) is 11.6 Å². The average Bonchev–Trinajstić information content (AvgIpc) is 2.86. The van der Waals surface area contributed by atoms with E-state index in [0.717, 1.165) is 29.3 Å². The molecule has 4 nitrogen and oxygen atoms in total. The van der Waals surface area contributed by atoms with E-state index in [0.29, 0.717) is 19.1 Å². The molecule has 0 saturated carbocycles. The molecule has 2 rings (SSSR count). The molecule has 0 amide bonds. The Morgan fingerprint density at radius 1 is 1.25 bits per heavy atom. The van der Waals surface area contributed by atoms with Crippen LogP contribution in [0.4, 0.5) is 0 Å². The minimum atomic E-state index is 0.466. The van der Waals surface area contributed by atoms with Gasteiger partial charge in [0.25, 0.3) is 0 Å². The highest BCUT2D eigenvalue weighted by Gasteiger charge is 2.07. The number of imidazole rings is 1. The van der Waals surface area contributed by atoms with Crippen LogP contribution in [0.5, 0.6) is 11.5 Å². The molecule has 0 saturated heterocycles. The second-order valence-corrected chi connectivity index (χ2v) is 4.67. The van der Waals surface area contributed by atoms with Crippen molar-refractivity contribution in [2.24, 2.45) is 7.05 Å². The third-order valence-electron chi connectivity index (χ3n) is 2.97. The average molecular weight is 295 g/mol. The van der Waals surface area contributed by atoms with Gasteiger partial charge in [-0.1, -0.05) is 6.07 Å². The fraction of sp³-hybridized carbons (Fsp3) is 0.400. The van der Waals surface area contributed by atoms with Gasteiger partial charge in [0.1, 0.15) is 5.82 Å². The van der Waals surface area contributed by atoms with Crippen LogP contribution in [0.15, 0.2) is 30.6 Å². The summed E-state index contributed by atoms with van der Waals surface area (Å²) in [6.45, 7) is 3.11. The number of ether oxygens (including phenoxy) is 2. The van der Waals surface area contributed by atoms with E-state index < -0.39 is 0 Å². The van der Waals surface area contributed by atoms with Crippen LogP contribution < -0.4 is 9.47 Å². The van der Waals surface area contributed by atoms with Crippen molar-refractivity contribution in [1.29, 1.82) is 0 Å². The van der Waals surface area contributed by atoms with Gasteiger partial charge in [0.2, 0.25) is 0 Å². The Hall–Kier alpha value is -1.68. The molecule has 20 heavy (non-hydrogen) atoms. The molecule has 0 atom stereocenters. The minimum absolute atomic E-state index is 0.466. The maximum absolute atomic E-state index is 5.83. The van der Waals surface area contributed by atoms with Gasteiger partial charge < -0.3 is 14.0 Å². The fourth-order valence-corrected chi connectivity index (χ4v) is 2.08. The molecular weight excluding hydrogens is 276 g/mol. The zero-order chi connectivity index (χ0) is 14.4. The summed E-state index contributed by atoms with van der Waals surface area (Å²) in [5.41, 5.74) is 1.02. The van der Waals surface area contributed by atoms with Crippen LogP contribution in [0.1, 0.15) is 18.3 Å². The zero-order valence-electron chi connectivity index (χ0n) is 11.8. The summed E-state index contributed by atoms with van der Waals surface area (Å²) in [7, 11) is 1.98. The monoisotopic (exact) mass is 294 g/mol. The Bertz CT molecular complexity index is 555. The maximum atomic E-state index is 5.83. The highest BCUT2D eigenvalue weighted by Crippen LogP contribution is 2.29. The standard InChI is InChI=1S/C15H19ClN2O2/c1-3-19-14-10-12(11-16)4-5-13(14)20-9-6-15-17-7-8-18(15)2/h4-5,7-8,10H,3,6,9,11H2,1-2H3. The van der Waals surface area contributed by atoms with Crippen LogP contribution in [0, 0.1) is 0 Å². The lowest BCUT2D eigenvalue weighted by molar-refractivity contribution is 0.277. The molecule has 1 aromatic carbocycles. The highest BCUT2D eigenvalue weighted by molar-refractivity contribution is 6.17. The van der Waals surface area contributed by atoms with E-state index in [1.807, 2.05) is 42.9 Å². The van der Waals surface area contributed by atoms with Crippen molar-refractivity contribution in [3.05, 3.63) is 42.0 Å². The molecule has 0 N–H and O–H groups in total. The Morgan fingerprint density at radius 2 is 2.10 bits per heavy atom. The van der Waals surface area contributed by atoms with Crippen molar-refractivity contribution in [1.82, 2.24) is 9.55 Å². The summed E-state index contributed by atoms with van der Waals surface area (Å²) < 4.78 is 13.4. The van der Waals surface area contributed by atoms with Crippen LogP contribution in [0.2, 0.25) is 0 Å². The van der Waals surface area contributed by atoms with Crippen LogP contribution in [-0.4, -0.2) is 22.8 Å². The summed E-state index contributed by atoms with van der Waals surface area (Å²) in [5.74, 6) is 2.95. The molecule has 0 aliphatic heterocycles. The van der Waals surface area contributed by atoms with Gasteiger partial charge >= 0.3 is 0 Å². The lowest BCUT2D eigenvalue weighted by atomic mass is 10.2. The quantitative estimate of drug-likeness (QED) is 0.736. The van der Waals surface area contributed by atoms with Gasteiger partial charge in [-0.05, 0) is 24.6 Å². The Balaban J connectivity index is 1.99. The lowest BCUT2D eigenvalue weighted by Gasteiger charge is -2.12. The molecule has 5 heteroatoms. The van der Waals surface area contributed by atoms with E-state index in [4.69, 9.17) is 21.1 Å². The summed E-state index contributed by atoms with van der Waals surface area (Å²) in [6.07, 6.45) is 4.47. The highest BCUT2D eigenvalue weighted by atomic mass is 35.5. The fourth-order valence-electron chi connectivity index (χ4n) is 1.91. The third-order valence-corrected chi connectivity index (χ3v) is 3.28.